The van der Waals surface area contributed by atoms with Gasteiger partial charge in [0.2, 0.25) is 0 Å². The highest BCUT2D eigenvalue weighted by molar-refractivity contribution is 5.21. The van der Waals surface area contributed by atoms with Crippen LogP contribution >= 0.6 is 0 Å². The summed E-state index contributed by atoms with van der Waals surface area (Å²) in [6.45, 7) is 3.74. The van der Waals surface area contributed by atoms with Crippen LogP contribution in [0.1, 0.15) is 31.4 Å². The molecule has 2 unspecified atom stereocenters. The van der Waals surface area contributed by atoms with Gasteiger partial charge in [-0.25, -0.2) is 4.39 Å². The van der Waals surface area contributed by atoms with E-state index < -0.39 is 0 Å². The average Bonchev–Trinajstić information content (AvgIpc) is 2.79. The van der Waals surface area contributed by atoms with E-state index in [1.807, 2.05) is 6.07 Å². The van der Waals surface area contributed by atoms with Gasteiger partial charge in [-0.3, -0.25) is 0 Å². The number of benzene rings is 1. The predicted molar refractivity (Wildman–Crippen MR) is 61.8 cm³/mol. The first-order chi connectivity index (χ1) is 7.81. The van der Waals surface area contributed by atoms with Gasteiger partial charge >= 0.3 is 0 Å². The maximum absolute atomic E-state index is 13.2. The normalized spacial score (nSPS) is 22.2. The summed E-state index contributed by atoms with van der Waals surface area (Å²) in [7, 11) is 0. The molecule has 1 aliphatic heterocycles. The maximum atomic E-state index is 13.2. The van der Waals surface area contributed by atoms with Crippen molar-refractivity contribution in [2.75, 3.05) is 13.2 Å². The van der Waals surface area contributed by atoms with Crippen molar-refractivity contribution in [1.82, 2.24) is 5.32 Å². The van der Waals surface area contributed by atoms with E-state index in [1.165, 1.54) is 6.07 Å². The van der Waals surface area contributed by atoms with Crippen LogP contribution in [0.25, 0.3) is 0 Å². The van der Waals surface area contributed by atoms with Crippen LogP contribution < -0.4 is 5.32 Å². The van der Waals surface area contributed by atoms with Gasteiger partial charge < -0.3 is 10.1 Å². The second-order valence-electron chi connectivity index (χ2n) is 4.14. The number of hydrogen-bond acceptors (Lipinski definition) is 2. The fourth-order valence-corrected chi connectivity index (χ4v) is 2.25. The third-order valence-corrected chi connectivity index (χ3v) is 2.97. The Kier molecular flexibility index (Phi) is 3.91. The second-order valence-corrected chi connectivity index (χ2v) is 4.14. The highest BCUT2D eigenvalue weighted by Gasteiger charge is 2.26. The molecule has 1 aromatic rings. The van der Waals surface area contributed by atoms with Gasteiger partial charge in [0.05, 0.1) is 12.1 Å². The Morgan fingerprint density at radius 2 is 2.44 bits per heavy atom. The van der Waals surface area contributed by atoms with Crippen molar-refractivity contribution in [1.29, 1.82) is 0 Å². The summed E-state index contributed by atoms with van der Waals surface area (Å²) in [5.74, 6) is -0.182. The molecule has 2 rings (SSSR count). The molecule has 1 N–H and O–H groups in total. The molecule has 1 aromatic carbocycles. The molecular weight excluding hydrogens is 205 g/mol. The molecule has 1 heterocycles. The Morgan fingerprint density at radius 1 is 1.56 bits per heavy atom. The summed E-state index contributed by atoms with van der Waals surface area (Å²) in [6, 6.07) is 6.89. The molecule has 0 saturated carbocycles. The number of ether oxygens (including phenoxy) is 1. The van der Waals surface area contributed by atoms with Crippen LogP contribution in [0.3, 0.4) is 0 Å². The van der Waals surface area contributed by atoms with Gasteiger partial charge in [-0.2, -0.15) is 0 Å². The van der Waals surface area contributed by atoms with E-state index in [1.54, 1.807) is 12.1 Å². The van der Waals surface area contributed by atoms with Crippen LogP contribution in [0, 0.1) is 5.82 Å². The molecule has 2 atom stereocenters. The maximum Gasteiger partial charge on any atom is 0.123 e. The molecule has 0 spiro atoms. The van der Waals surface area contributed by atoms with E-state index in [2.05, 4.69) is 12.2 Å². The van der Waals surface area contributed by atoms with Crippen LogP contribution in [0.5, 0.6) is 0 Å². The lowest BCUT2D eigenvalue weighted by molar-refractivity contribution is 0.0787. The van der Waals surface area contributed by atoms with E-state index in [4.69, 9.17) is 4.74 Å². The molecule has 2 nitrogen and oxygen atoms in total. The minimum absolute atomic E-state index is 0.114. The molecule has 0 aliphatic carbocycles. The molecule has 0 radical (unpaired) electrons. The highest BCUT2D eigenvalue weighted by Crippen LogP contribution is 2.27. The Bertz CT molecular complexity index is 336. The smallest absolute Gasteiger partial charge is 0.123 e. The summed E-state index contributed by atoms with van der Waals surface area (Å²) < 4.78 is 18.9. The van der Waals surface area contributed by atoms with Crippen molar-refractivity contribution in [3.8, 4) is 0 Å². The Morgan fingerprint density at radius 3 is 3.06 bits per heavy atom. The molecule has 1 saturated heterocycles. The zero-order valence-electron chi connectivity index (χ0n) is 9.58. The van der Waals surface area contributed by atoms with E-state index in [9.17, 15) is 4.39 Å². The largest absolute Gasteiger partial charge is 0.376 e. The van der Waals surface area contributed by atoms with Gasteiger partial charge in [0.15, 0.2) is 0 Å². The molecule has 1 fully saturated rings. The van der Waals surface area contributed by atoms with Crippen molar-refractivity contribution in [2.24, 2.45) is 0 Å². The highest BCUT2D eigenvalue weighted by atomic mass is 19.1. The van der Waals surface area contributed by atoms with Crippen LogP contribution in [0.2, 0.25) is 0 Å². The third kappa shape index (κ3) is 2.60. The first-order valence-corrected chi connectivity index (χ1v) is 5.91. The van der Waals surface area contributed by atoms with Crippen LogP contribution in [0.4, 0.5) is 4.39 Å². The zero-order chi connectivity index (χ0) is 11.4. The monoisotopic (exact) mass is 223 g/mol. The van der Waals surface area contributed by atoms with Gasteiger partial charge in [0, 0.05) is 6.61 Å². The van der Waals surface area contributed by atoms with E-state index in [0.717, 1.165) is 31.6 Å². The average molecular weight is 223 g/mol. The molecule has 1 aliphatic rings. The third-order valence-electron chi connectivity index (χ3n) is 2.97. The first-order valence-electron chi connectivity index (χ1n) is 5.91. The molecular formula is C13H18FNO. The van der Waals surface area contributed by atoms with Gasteiger partial charge in [0.25, 0.3) is 0 Å². The second kappa shape index (κ2) is 5.41. The lowest BCUT2D eigenvalue weighted by atomic mass is 9.99. The number of halogens is 1. The van der Waals surface area contributed by atoms with E-state index in [0.29, 0.717) is 0 Å². The summed E-state index contributed by atoms with van der Waals surface area (Å²) in [4.78, 5) is 0. The molecule has 3 heteroatoms. The molecule has 16 heavy (non-hydrogen) atoms. The van der Waals surface area contributed by atoms with Crippen molar-refractivity contribution in [2.45, 2.75) is 31.9 Å². The number of rotatable bonds is 4. The van der Waals surface area contributed by atoms with Crippen molar-refractivity contribution in [3.63, 3.8) is 0 Å². The molecule has 0 aromatic heterocycles. The molecule has 0 bridgehead atoms. The van der Waals surface area contributed by atoms with Gasteiger partial charge in [-0.05, 0) is 37.1 Å². The summed E-state index contributed by atoms with van der Waals surface area (Å²) in [5, 5.41) is 3.38. The van der Waals surface area contributed by atoms with Crippen LogP contribution in [-0.4, -0.2) is 19.3 Å². The minimum Gasteiger partial charge on any atom is -0.376 e. The van der Waals surface area contributed by atoms with Crippen LogP contribution in [0.15, 0.2) is 24.3 Å². The Labute approximate surface area is 95.8 Å². The SMILES string of the molecule is CCNC(c1cccc(F)c1)C1CCCO1. The zero-order valence-corrected chi connectivity index (χ0v) is 9.58. The van der Waals surface area contributed by atoms with Crippen molar-refractivity contribution in [3.05, 3.63) is 35.6 Å². The fourth-order valence-electron chi connectivity index (χ4n) is 2.25. The Hall–Kier alpha value is -0.930. The summed E-state index contributed by atoms with van der Waals surface area (Å²) >= 11 is 0. The molecule has 88 valence electrons. The fraction of sp³-hybridized carbons (Fsp3) is 0.538. The quantitative estimate of drug-likeness (QED) is 0.847. The van der Waals surface area contributed by atoms with E-state index in [-0.39, 0.29) is 18.0 Å². The van der Waals surface area contributed by atoms with E-state index >= 15 is 0 Å². The number of hydrogen-bond donors (Lipinski definition) is 1. The number of likely N-dealkylation sites (N-methyl/N-ethyl adjacent to an activating group) is 1. The standard InChI is InChI=1S/C13H18FNO/c1-2-15-13(12-7-4-8-16-12)10-5-3-6-11(14)9-10/h3,5-6,9,12-13,15H,2,4,7-8H2,1H3. The lowest BCUT2D eigenvalue weighted by Crippen LogP contribution is -2.31. The minimum atomic E-state index is -0.182. The first kappa shape index (κ1) is 11.6. The summed E-state index contributed by atoms with van der Waals surface area (Å²) in [6.07, 6.45) is 2.33. The van der Waals surface area contributed by atoms with Gasteiger partial charge in [0.1, 0.15) is 5.82 Å². The molecule has 0 amide bonds. The van der Waals surface area contributed by atoms with Gasteiger partial charge in [-0.15, -0.1) is 0 Å². The van der Waals surface area contributed by atoms with Crippen molar-refractivity contribution >= 4 is 0 Å². The lowest BCUT2D eigenvalue weighted by Gasteiger charge is -2.24. The predicted octanol–water partition coefficient (Wildman–Crippen LogP) is 2.66. The summed E-state index contributed by atoms with van der Waals surface area (Å²) in [5.41, 5.74) is 0.980. The van der Waals surface area contributed by atoms with Gasteiger partial charge in [-0.1, -0.05) is 19.1 Å². The number of nitrogens with one attached hydrogen (secondary N) is 1. The van der Waals surface area contributed by atoms with Crippen LogP contribution in [-0.2, 0) is 4.74 Å². The Balaban J connectivity index is 2.17. The van der Waals surface area contributed by atoms with Crippen molar-refractivity contribution < 1.29 is 9.13 Å². The topological polar surface area (TPSA) is 21.3 Å².